The van der Waals surface area contributed by atoms with Gasteiger partial charge in [-0.15, -0.1) is 0 Å². The maximum Gasteiger partial charge on any atom is 0.262 e. The number of hydrogen-bond donors (Lipinski definition) is 1. The van der Waals surface area contributed by atoms with E-state index in [0.29, 0.717) is 22.5 Å². The number of rotatable bonds is 3. The van der Waals surface area contributed by atoms with Crippen LogP contribution in [0.25, 0.3) is 0 Å². The minimum atomic E-state index is -0.177. The van der Waals surface area contributed by atoms with Gasteiger partial charge in [-0.05, 0) is 41.1 Å². The van der Waals surface area contributed by atoms with E-state index in [4.69, 9.17) is 4.42 Å². The Bertz CT molecular complexity index is 565. The van der Waals surface area contributed by atoms with Crippen LogP contribution in [0.3, 0.4) is 0 Å². The molecule has 2 aromatic rings. The van der Waals surface area contributed by atoms with Crippen LogP contribution in [-0.2, 0) is 0 Å². The van der Waals surface area contributed by atoms with Gasteiger partial charge < -0.3 is 14.4 Å². The van der Waals surface area contributed by atoms with Crippen molar-refractivity contribution in [2.24, 2.45) is 0 Å². The van der Waals surface area contributed by atoms with E-state index < -0.39 is 0 Å². The molecule has 18 heavy (non-hydrogen) atoms. The maximum atomic E-state index is 12.3. The molecule has 5 heteroatoms. The molecule has 2 rings (SSSR count). The first-order valence-corrected chi connectivity index (χ1v) is 6.26. The van der Waals surface area contributed by atoms with Crippen LogP contribution in [0, 0.1) is 0 Å². The number of phenolic OH excluding ortho intramolecular Hbond substituents is 1. The Kier molecular flexibility index (Phi) is 3.72. The highest BCUT2D eigenvalue weighted by Gasteiger charge is 2.20. The molecular weight excluding hydrogens is 298 g/mol. The highest BCUT2D eigenvalue weighted by Crippen LogP contribution is 2.25. The quantitative estimate of drug-likeness (QED) is 0.945. The molecule has 1 aromatic heterocycles. The van der Waals surface area contributed by atoms with E-state index >= 15 is 0 Å². The van der Waals surface area contributed by atoms with Crippen molar-refractivity contribution < 1.29 is 14.3 Å². The summed E-state index contributed by atoms with van der Waals surface area (Å²) in [7, 11) is 0. The normalized spacial score (nSPS) is 10.3. The third-order valence-electron chi connectivity index (χ3n) is 2.55. The lowest BCUT2D eigenvalue weighted by molar-refractivity contribution is 0.0986. The van der Waals surface area contributed by atoms with Gasteiger partial charge in [0, 0.05) is 18.3 Å². The fraction of sp³-hybridized carbons (Fsp3) is 0.154. The molecule has 1 N–H and O–H groups in total. The number of nitrogens with zero attached hydrogens (tertiary/aromatic N) is 1. The van der Waals surface area contributed by atoms with Crippen LogP contribution in [0.4, 0.5) is 5.69 Å². The Morgan fingerprint density at radius 1 is 1.44 bits per heavy atom. The molecule has 0 spiro atoms. The predicted octanol–water partition coefficient (Wildman–Crippen LogP) is 3.41. The van der Waals surface area contributed by atoms with E-state index in [1.165, 1.54) is 6.26 Å². The van der Waals surface area contributed by atoms with Gasteiger partial charge in [0.2, 0.25) is 0 Å². The van der Waals surface area contributed by atoms with Gasteiger partial charge in [-0.2, -0.15) is 0 Å². The topological polar surface area (TPSA) is 53.7 Å². The van der Waals surface area contributed by atoms with E-state index in [-0.39, 0.29) is 11.7 Å². The second-order valence-electron chi connectivity index (χ2n) is 3.68. The standard InChI is InChI=1S/C13H12BrNO3/c1-2-15(9-4-3-5-10(16)8-9)13(17)11-6-7-18-12(11)14/h3-8,16H,2H2,1H3. The molecule has 0 aliphatic rings. The molecule has 0 aliphatic carbocycles. The first kappa shape index (κ1) is 12.7. The average Bonchev–Trinajstić information content (AvgIpc) is 2.76. The van der Waals surface area contributed by atoms with E-state index in [1.54, 1.807) is 35.2 Å². The largest absolute Gasteiger partial charge is 0.508 e. The summed E-state index contributed by atoms with van der Waals surface area (Å²) in [5.41, 5.74) is 1.11. The third kappa shape index (κ3) is 2.41. The zero-order chi connectivity index (χ0) is 13.1. The monoisotopic (exact) mass is 309 g/mol. The first-order valence-electron chi connectivity index (χ1n) is 5.47. The van der Waals surface area contributed by atoms with Gasteiger partial charge in [0.25, 0.3) is 5.91 Å². The summed E-state index contributed by atoms with van der Waals surface area (Å²) in [5, 5.41) is 9.46. The van der Waals surface area contributed by atoms with Crippen molar-refractivity contribution in [3.63, 3.8) is 0 Å². The Morgan fingerprint density at radius 3 is 2.78 bits per heavy atom. The lowest BCUT2D eigenvalue weighted by atomic mass is 10.2. The summed E-state index contributed by atoms with van der Waals surface area (Å²) in [4.78, 5) is 13.9. The molecule has 1 heterocycles. The number of aromatic hydroxyl groups is 1. The number of anilines is 1. The van der Waals surface area contributed by atoms with Crippen LogP contribution < -0.4 is 4.90 Å². The fourth-order valence-electron chi connectivity index (χ4n) is 1.70. The van der Waals surface area contributed by atoms with E-state index in [0.717, 1.165) is 0 Å². The van der Waals surface area contributed by atoms with Crippen molar-refractivity contribution in [2.75, 3.05) is 11.4 Å². The SMILES string of the molecule is CCN(C(=O)c1ccoc1Br)c1cccc(O)c1. The molecule has 1 amide bonds. The molecule has 94 valence electrons. The third-order valence-corrected chi connectivity index (χ3v) is 3.17. The smallest absolute Gasteiger partial charge is 0.262 e. The lowest BCUT2D eigenvalue weighted by Crippen LogP contribution is -2.30. The van der Waals surface area contributed by atoms with Crippen LogP contribution in [0.15, 0.2) is 45.7 Å². The highest BCUT2D eigenvalue weighted by molar-refractivity contribution is 9.10. The summed E-state index contributed by atoms with van der Waals surface area (Å²) in [6, 6.07) is 8.20. The zero-order valence-corrected chi connectivity index (χ0v) is 11.3. The number of benzene rings is 1. The second-order valence-corrected chi connectivity index (χ2v) is 4.40. The molecule has 1 aromatic carbocycles. The second kappa shape index (κ2) is 5.27. The summed E-state index contributed by atoms with van der Waals surface area (Å²) in [6.45, 7) is 2.37. The van der Waals surface area contributed by atoms with Crippen molar-refractivity contribution >= 4 is 27.5 Å². The van der Waals surface area contributed by atoms with Gasteiger partial charge in [-0.1, -0.05) is 6.07 Å². The van der Waals surface area contributed by atoms with Crippen LogP contribution in [-0.4, -0.2) is 17.6 Å². The Hall–Kier alpha value is -1.75. The van der Waals surface area contributed by atoms with Crippen LogP contribution in [0.5, 0.6) is 5.75 Å². The first-order chi connectivity index (χ1) is 8.63. The number of carbonyl (C=O) groups is 1. The molecule has 0 bridgehead atoms. The Labute approximate surface area is 113 Å². The Balaban J connectivity index is 2.35. The van der Waals surface area contributed by atoms with Crippen LogP contribution >= 0.6 is 15.9 Å². The van der Waals surface area contributed by atoms with Crippen LogP contribution in [0.2, 0.25) is 0 Å². The highest BCUT2D eigenvalue weighted by atomic mass is 79.9. The minimum absolute atomic E-state index is 0.130. The van der Waals surface area contributed by atoms with E-state index in [9.17, 15) is 9.90 Å². The number of amides is 1. The molecule has 0 saturated carbocycles. The van der Waals surface area contributed by atoms with Gasteiger partial charge >= 0.3 is 0 Å². The lowest BCUT2D eigenvalue weighted by Gasteiger charge is -2.20. The summed E-state index contributed by atoms with van der Waals surface area (Å²) in [5.74, 6) is -0.0475. The zero-order valence-electron chi connectivity index (χ0n) is 9.76. The predicted molar refractivity (Wildman–Crippen MR) is 71.9 cm³/mol. The summed E-state index contributed by atoms with van der Waals surface area (Å²) in [6.07, 6.45) is 1.45. The molecule has 0 unspecified atom stereocenters. The summed E-state index contributed by atoms with van der Waals surface area (Å²) >= 11 is 3.19. The molecule has 4 nitrogen and oxygen atoms in total. The van der Waals surface area contributed by atoms with E-state index in [1.807, 2.05) is 6.92 Å². The number of halogens is 1. The summed E-state index contributed by atoms with van der Waals surface area (Å²) < 4.78 is 5.47. The van der Waals surface area contributed by atoms with Crippen molar-refractivity contribution in [1.29, 1.82) is 0 Å². The molecular formula is C13H12BrNO3. The number of hydrogen-bond acceptors (Lipinski definition) is 3. The van der Waals surface area contributed by atoms with Crippen molar-refractivity contribution in [3.05, 3.63) is 46.8 Å². The molecule has 0 saturated heterocycles. The van der Waals surface area contributed by atoms with Gasteiger partial charge in [0.1, 0.15) is 5.75 Å². The van der Waals surface area contributed by atoms with Crippen molar-refractivity contribution in [3.8, 4) is 5.75 Å². The number of phenols is 1. The number of furan rings is 1. The van der Waals surface area contributed by atoms with Gasteiger partial charge in [0.15, 0.2) is 4.67 Å². The molecule has 0 radical (unpaired) electrons. The van der Waals surface area contributed by atoms with Gasteiger partial charge in [0.05, 0.1) is 11.8 Å². The maximum absolute atomic E-state index is 12.3. The van der Waals surface area contributed by atoms with E-state index in [2.05, 4.69) is 15.9 Å². The molecule has 0 fully saturated rings. The van der Waals surface area contributed by atoms with Crippen molar-refractivity contribution in [2.45, 2.75) is 6.92 Å². The van der Waals surface area contributed by atoms with Crippen LogP contribution in [0.1, 0.15) is 17.3 Å². The fourth-order valence-corrected chi connectivity index (χ4v) is 2.11. The van der Waals surface area contributed by atoms with Gasteiger partial charge in [-0.25, -0.2) is 0 Å². The minimum Gasteiger partial charge on any atom is -0.508 e. The number of carbonyl (C=O) groups excluding carboxylic acids is 1. The molecule has 0 atom stereocenters. The molecule has 0 aliphatic heterocycles. The Morgan fingerprint density at radius 2 is 2.22 bits per heavy atom. The van der Waals surface area contributed by atoms with Gasteiger partial charge in [-0.3, -0.25) is 4.79 Å². The van der Waals surface area contributed by atoms with Crippen molar-refractivity contribution in [1.82, 2.24) is 0 Å². The average molecular weight is 310 g/mol.